The minimum absolute atomic E-state index is 0. The summed E-state index contributed by atoms with van der Waals surface area (Å²) >= 11 is 0. The molecule has 0 bridgehead atoms. The van der Waals surface area contributed by atoms with Crippen LogP contribution in [0, 0.1) is 23.3 Å². The van der Waals surface area contributed by atoms with Crippen molar-refractivity contribution in [2.75, 3.05) is 0 Å². The average molecular weight is 727 g/mol. The van der Waals surface area contributed by atoms with Crippen LogP contribution in [-0.4, -0.2) is 15.9 Å². The van der Waals surface area contributed by atoms with E-state index in [1.807, 2.05) is 40.0 Å². The van der Waals surface area contributed by atoms with E-state index in [9.17, 15) is 9.90 Å². The number of aliphatic hydroxyl groups is 1. The van der Waals surface area contributed by atoms with Gasteiger partial charge >= 0.3 is 0 Å². The number of rotatable bonds is 8. The summed E-state index contributed by atoms with van der Waals surface area (Å²) in [6.07, 6.45) is 7.91. The summed E-state index contributed by atoms with van der Waals surface area (Å²) in [6, 6.07) is 21.0. The van der Waals surface area contributed by atoms with Gasteiger partial charge < -0.3 is 10.1 Å². The van der Waals surface area contributed by atoms with Crippen molar-refractivity contribution in [2.45, 2.75) is 80.6 Å². The number of ketones is 1. The van der Waals surface area contributed by atoms with Crippen LogP contribution in [0.5, 0.6) is 0 Å². The second-order valence-electron chi connectivity index (χ2n) is 12.3. The molecule has 0 saturated heterocycles. The molecule has 1 aromatic heterocycles. The molecule has 0 amide bonds. The third kappa shape index (κ3) is 7.16. The summed E-state index contributed by atoms with van der Waals surface area (Å²) in [6.45, 7) is 15.0. The maximum Gasteiger partial charge on any atom is 0.162 e. The van der Waals surface area contributed by atoms with Gasteiger partial charge in [-0.15, -0.1) is 29.0 Å². The number of aliphatic hydroxyl groups excluding tert-OH is 1. The van der Waals surface area contributed by atoms with Crippen LogP contribution in [0.3, 0.4) is 0 Å². The third-order valence-electron chi connectivity index (χ3n) is 8.10. The van der Waals surface area contributed by atoms with Crippen LogP contribution in [0.15, 0.2) is 66.6 Å². The first-order valence-corrected chi connectivity index (χ1v) is 14.9. The van der Waals surface area contributed by atoms with Gasteiger partial charge in [0.05, 0.1) is 5.76 Å². The number of carbonyl (C=O) groups is 1. The van der Waals surface area contributed by atoms with Crippen LogP contribution < -0.4 is 0 Å². The fourth-order valence-corrected chi connectivity index (χ4v) is 5.96. The van der Waals surface area contributed by atoms with E-state index in [-0.39, 0.29) is 48.9 Å². The number of aromatic nitrogens is 1. The minimum Gasteiger partial charge on any atom is -0.512 e. The first-order chi connectivity index (χ1) is 19.1. The summed E-state index contributed by atoms with van der Waals surface area (Å²) in [5.41, 5.74) is 2.73. The van der Waals surface area contributed by atoms with Gasteiger partial charge in [0.25, 0.3) is 0 Å². The fourth-order valence-electron chi connectivity index (χ4n) is 5.96. The summed E-state index contributed by atoms with van der Waals surface area (Å²) in [5, 5.41) is 18.6. The summed E-state index contributed by atoms with van der Waals surface area (Å²) in [5.74, 6) is 0.547. The monoisotopic (exact) mass is 727 g/mol. The predicted octanol–water partition coefficient (Wildman–Crippen LogP) is 10.4. The Morgan fingerprint density at radius 1 is 0.902 bits per heavy atom. The Bertz CT molecular complexity index is 1630. The normalized spacial score (nSPS) is 12.4. The van der Waals surface area contributed by atoms with Gasteiger partial charge in [-0.2, -0.15) is 0 Å². The number of pyridine rings is 1. The Kier molecular flexibility index (Phi) is 11.1. The summed E-state index contributed by atoms with van der Waals surface area (Å²) in [7, 11) is 0. The fraction of sp³-hybridized carbons (Fsp3) is 0.405. The number of allylic oxidation sites excluding steroid dienone is 2. The molecule has 0 aliphatic rings. The quantitative estimate of drug-likeness (QED) is 0.0570. The molecule has 1 heterocycles. The van der Waals surface area contributed by atoms with Crippen molar-refractivity contribution in [1.29, 1.82) is 0 Å². The van der Waals surface area contributed by atoms with Crippen molar-refractivity contribution in [3.8, 4) is 0 Å². The van der Waals surface area contributed by atoms with Crippen molar-refractivity contribution >= 4 is 49.0 Å². The molecule has 1 N–H and O–H groups in total. The molecule has 5 rings (SSSR count). The molecule has 0 atom stereocenters. The zero-order valence-electron chi connectivity index (χ0n) is 25.6. The first-order valence-electron chi connectivity index (χ1n) is 14.9. The van der Waals surface area contributed by atoms with Gasteiger partial charge in [0.2, 0.25) is 0 Å². The van der Waals surface area contributed by atoms with Crippen molar-refractivity contribution < 1.29 is 30.0 Å². The van der Waals surface area contributed by atoms with E-state index in [1.165, 1.54) is 44.0 Å². The third-order valence-corrected chi connectivity index (χ3v) is 8.10. The van der Waals surface area contributed by atoms with Crippen molar-refractivity contribution in [1.82, 2.24) is 4.98 Å². The number of nitrogens with zero attached hydrogens (tertiary/aromatic N) is 1. The molecule has 1 radical (unpaired) electrons. The smallest absolute Gasteiger partial charge is 0.162 e. The Hall–Kier alpha value is -2.81. The summed E-state index contributed by atoms with van der Waals surface area (Å²) in [4.78, 5) is 16.5. The van der Waals surface area contributed by atoms with Gasteiger partial charge in [0.1, 0.15) is 0 Å². The van der Waals surface area contributed by atoms with E-state index in [4.69, 9.17) is 4.98 Å². The zero-order chi connectivity index (χ0) is 29.0. The van der Waals surface area contributed by atoms with Crippen LogP contribution in [-0.2, 0) is 31.3 Å². The van der Waals surface area contributed by atoms with E-state index < -0.39 is 0 Å². The van der Waals surface area contributed by atoms with Crippen LogP contribution in [0.1, 0.15) is 79.7 Å². The Morgan fingerprint density at radius 3 is 2.22 bits per heavy atom. The second kappa shape index (κ2) is 13.9. The van der Waals surface area contributed by atoms with Crippen molar-refractivity contribution in [3.63, 3.8) is 0 Å². The standard InChI is InChI=1S/C24H20N.C13H24O2.Ir/c1-24(2,3)14-15-12-17-10-11-25-23-19-9-5-7-16-6-4-8-18(21(16)19)20(13-15)22(17)23;1-5-10(6-2)12(14)9-13(15)11(7-3)8-4;/h4-8,10-13H,14H2,1-3H3;9-11,14H,5-8H2,1-4H3;/q-1;;/b;12-9-;. The number of benzene rings is 4. The molecule has 4 heteroatoms. The van der Waals surface area contributed by atoms with Gasteiger partial charge in [0.15, 0.2) is 5.78 Å². The average Bonchev–Trinajstić information content (AvgIpc) is 2.92. The largest absolute Gasteiger partial charge is 0.512 e. The van der Waals surface area contributed by atoms with Crippen LogP contribution in [0.2, 0.25) is 0 Å². The Labute approximate surface area is 259 Å². The van der Waals surface area contributed by atoms with Crippen LogP contribution in [0.4, 0.5) is 0 Å². The maximum absolute atomic E-state index is 11.7. The number of hydrogen-bond donors (Lipinski definition) is 1. The predicted molar refractivity (Wildman–Crippen MR) is 171 cm³/mol. The van der Waals surface area contributed by atoms with Crippen molar-refractivity contribution in [2.24, 2.45) is 17.3 Å². The Morgan fingerprint density at radius 2 is 1.59 bits per heavy atom. The maximum atomic E-state index is 11.7. The van der Waals surface area contributed by atoms with E-state index >= 15 is 0 Å². The molecule has 41 heavy (non-hydrogen) atoms. The molecule has 4 aromatic carbocycles. The van der Waals surface area contributed by atoms with E-state index in [0.717, 1.165) is 43.0 Å². The molecule has 0 saturated carbocycles. The number of fused-ring (bicyclic) bond motifs is 2. The van der Waals surface area contributed by atoms with Gasteiger partial charge in [-0.1, -0.05) is 89.6 Å². The molecule has 0 aliphatic heterocycles. The molecule has 0 spiro atoms. The van der Waals surface area contributed by atoms with E-state index in [0.29, 0.717) is 0 Å². The minimum atomic E-state index is 0. The van der Waals surface area contributed by atoms with E-state index in [2.05, 4.69) is 69.3 Å². The number of hydrogen-bond acceptors (Lipinski definition) is 3. The van der Waals surface area contributed by atoms with Gasteiger partial charge in [-0.3, -0.25) is 4.79 Å². The molecular formula is C37H44IrNO2-. The van der Waals surface area contributed by atoms with Crippen LogP contribution >= 0.6 is 0 Å². The van der Waals surface area contributed by atoms with Gasteiger partial charge in [0, 0.05) is 44.2 Å². The molecule has 3 nitrogen and oxygen atoms in total. The molecule has 0 fully saturated rings. The molecule has 219 valence electrons. The van der Waals surface area contributed by atoms with E-state index in [1.54, 1.807) is 0 Å². The number of carbonyl (C=O) groups excluding carboxylic acids is 1. The zero-order valence-corrected chi connectivity index (χ0v) is 28.0. The Balaban J connectivity index is 0.000000253. The van der Waals surface area contributed by atoms with Crippen molar-refractivity contribution in [3.05, 3.63) is 78.2 Å². The summed E-state index contributed by atoms with van der Waals surface area (Å²) < 4.78 is 0. The molecule has 5 aromatic rings. The molecule has 0 unspecified atom stereocenters. The van der Waals surface area contributed by atoms with Crippen LogP contribution in [0.25, 0.3) is 43.2 Å². The van der Waals surface area contributed by atoms with Gasteiger partial charge in [-0.25, -0.2) is 0 Å². The topological polar surface area (TPSA) is 50.2 Å². The SMILES string of the molecule is CC(C)(C)Cc1cc2ccnc3c4[c-]ccc5cccc(c(c1)c23)c54.CCC(CC)C(=O)/C=C(\O)C(CC)CC.[Ir]. The molecule has 0 aliphatic carbocycles. The molecular weight excluding hydrogens is 683 g/mol. The van der Waals surface area contributed by atoms with Gasteiger partial charge in [-0.05, 0) is 70.8 Å². The second-order valence-corrected chi connectivity index (χ2v) is 12.3. The first kappa shape index (κ1) is 32.7.